The van der Waals surface area contributed by atoms with Gasteiger partial charge in [0.15, 0.2) is 0 Å². The predicted molar refractivity (Wildman–Crippen MR) is 90.9 cm³/mol. The quantitative estimate of drug-likeness (QED) is 0.845. The average molecular weight is 312 g/mol. The highest BCUT2D eigenvalue weighted by Gasteiger charge is 2.42. The Morgan fingerprint density at radius 3 is 2.83 bits per heavy atom. The van der Waals surface area contributed by atoms with Crippen molar-refractivity contribution in [2.75, 3.05) is 7.11 Å². The van der Waals surface area contributed by atoms with Gasteiger partial charge in [-0.1, -0.05) is 12.8 Å². The van der Waals surface area contributed by atoms with E-state index in [1.165, 1.54) is 38.5 Å². The van der Waals surface area contributed by atoms with E-state index in [1.807, 2.05) is 18.2 Å². The molecule has 0 atom stereocenters. The molecule has 2 aliphatic rings. The molecule has 0 unspecified atom stereocenters. The molecule has 1 N–H and O–H groups in total. The first-order chi connectivity index (χ1) is 11.2. The van der Waals surface area contributed by atoms with Crippen molar-refractivity contribution < 1.29 is 4.74 Å². The van der Waals surface area contributed by atoms with Crippen LogP contribution in [0.4, 0.5) is 0 Å². The van der Waals surface area contributed by atoms with Gasteiger partial charge in [0.2, 0.25) is 0 Å². The minimum atomic E-state index is -0.0521. The summed E-state index contributed by atoms with van der Waals surface area (Å²) < 4.78 is 5.19. The Morgan fingerprint density at radius 2 is 2.13 bits per heavy atom. The first-order valence-corrected chi connectivity index (χ1v) is 8.74. The van der Waals surface area contributed by atoms with Crippen LogP contribution in [0.25, 0.3) is 11.0 Å². The molecule has 0 amide bonds. The number of methoxy groups -OCH3 is 1. The SMILES string of the molecule is COc1ccc2nc(CCC3(CCC4CC4)CC3)c(=O)[nH]c2c1. The average Bonchev–Trinajstić information content (AvgIpc) is 3.46. The second-order valence-corrected chi connectivity index (χ2v) is 7.38. The number of fused-ring (bicyclic) bond motifs is 1. The molecular weight excluding hydrogens is 288 g/mol. The first kappa shape index (κ1) is 14.7. The third-order valence-corrected chi connectivity index (χ3v) is 5.60. The summed E-state index contributed by atoms with van der Waals surface area (Å²) in [5.41, 5.74) is 2.73. The predicted octanol–water partition coefficient (Wildman–Crippen LogP) is 3.83. The van der Waals surface area contributed by atoms with Crippen molar-refractivity contribution in [3.63, 3.8) is 0 Å². The Bertz CT molecular complexity index is 773. The van der Waals surface area contributed by atoms with Crippen molar-refractivity contribution in [3.05, 3.63) is 34.2 Å². The number of H-pyrrole nitrogens is 1. The topological polar surface area (TPSA) is 55.0 Å². The van der Waals surface area contributed by atoms with Crippen molar-refractivity contribution >= 4 is 11.0 Å². The Labute approximate surface area is 136 Å². The summed E-state index contributed by atoms with van der Waals surface area (Å²) in [5, 5.41) is 0. The molecule has 0 radical (unpaired) electrons. The van der Waals surface area contributed by atoms with E-state index in [0.29, 0.717) is 11.1 Å². The highest BCUT2D eigenvalue weighted by Crippen LogP contribution is 2.54. The highest BCUT2D eigenvalue weighted by atomic mass is 16.5. The van der Waals surface area contributed by atoms with Gasteiger partial charge in [-0.2, -0.15) is 0 Å². The van der Waals surface area contributed by atoms with E-state index in [2.05, 4.69) is 9.97 Å². The molecule has 4 rings (SSSR count). The molecule has 1 heterocycles. The van der Waals surface area contributed by atoms with E-state index < -0.39 is 0 Å². The van der Waals surface area contributed by atoms with Gasteiger partial charge >= 0.3 is 0 Å². The number of nitrogens with zero attached hydrogens (tertiary/aromatic N) is 1. The Morgan fingerprint density at radius 1 is 1.30 bits per heavy atom. The molecule has 0 saturated heterocycles. The van der Waals surface area contributed by atoms with Gasteiger partial charge in [-0.3, -0.25) is 4.79 Å². The minimum absolute atomic E-state index is 0.0521. The summed E-state index contributed by atoms with van der Waals surface area (Å²) >= 11 is 0. The number of aromatic nitrogens is 2. The van der Waals surface area contributed by atoms with Gasteiger partial charge in [0.25, 0.3) is 5.56 Å². The van der Waals surface area contributed by atoms with Crippen molar-refractivity contribution in [1.82, 2.24) is 9.97 Å². The van der Waals surface area contributed by atoms with Crippen molar-refractivity contribution in [1.29, 1.82) is 0 Å². The van der Waals surface area contributed by atoms with E-state index in [-0.39, 0.29) is 5.56 Å². The zero-order valence-corrected chi connectivity index (χ0v) is 13.7. The van der Waals surface area contributed by atoms with Crippen LogP contribution in [-0.4, -0.2) is 17.1 Å². The maximum Gasteiger partial charge on any atom is 0.270 e. The number of rotatable bonds is 7. The molecular formula is C19H24N2O2. The number of nitrogens with one attached hydrogen (secondary N) is 1. The summed E-state index contributed by atoms with van der Waals surface area (Å²) in [6, 6.07) is 5.62. The number of benzene rings is 1. The lowest BCUT2D eigenvalue weighted by molar-refractivity contribution is 0.401. The van der Waals surface area contributed by atoms with Gasteiger partial charge in [-0.15, -0.1) is 0 Å². The molecule has 1 aromatic heterocycles. The molecule has 1 aromatic carbocycles. The van der Waals surface area contributed by atoms with Crippen LogP contribution in [0.3, 0.4) is 0 Å². The van der Waals surface area contributed by atoms with Crippen LogP contribution in [-0.2, 0) is 6.42 Å². The summed E-state index contributed by atoms with van der Waals surface area (Å²) in [7, 11) is 1.62. The van der Waals surface area contributed by atoms with E-state index in [0.717, 1.165) is 35.5 Å². The largest absolute Gasteiger partial charge is 0.497 e. The number of ether oxygens (including phenoxy) is 1. The summed E-state index contributed by atoms with van der Waals surface area (Å²) in [6.45, 7) is 0. The number of hydrogen-bond donors (Lipinski definition) is 1. The van der Waals surface area contributed by atoms with Gasteiger partial charge in [0.05, 0.1) is 18.1 Å². The first-order valence-electron chi connectivity index (χ1n) is 8.74. The molecule has 2 fully saturated rings. The lowest BCUT2D eigenvalue weighted by Gasteiger charge is -2.14. The van der Waals surface area contributed by atoms with E-state index in [9.17, 15) is 4.79 Å². The molecule has 23 heavy (non-hydrogen) atoms. The van der Waals surface area contributed by atoms with E-state index >= 15 is 0 Å². The second kappa shape index (κ2) is 5.66. The fourth-order valence-corrected chi connectivity index (χ4v) is 3.50. The number of hydrogen-bond acceptors (Lipinski definition) is 3. The summed E-state index contributed by atoms with van der Waals surface area (Å²) in [4.78, 5) is 19.8. The molecule has 2 saturated carbocycles. The highest BCUT2D eigenvalue weighted by molar-refractivity contribution is 5.75. The van der Waals surface area contributed by atoms with Crippen LogP contribution < -0.4 is 10.3 Å². The van der Waals surface area contributed by atoms with Crippen molar-refractivity contribution in [2.45, 2.75) is 51.4 Å². The van der Waals surface area contributed by atoms with E-state index in [1.54, 1.807) is 7.11 Å². The fraction of sp³-hybridized carbons (Fsp3) is 0.579. The Kier molecular flexibility index (Phi) is 3.63. The van der Waals surface area contributed by atoms with Gasteiger partial charge < -0.3 is 9.72 Å². The third-order valence-electron chi connectivity index (χ3n) is 5.60. The standard InChI is InChI=1S/C19H24N2O2/c1-23-14-4-5-15-17(12-14)21-18(22)16(20-15)7-9-19(10-11-19)8-6-13-2-3-13/h4-5,12-13H,2-3,6-11H2,1H3,(H,21,22). The minimum Gasteiger partial charge on any atom is -0.497 e. The molecule has 4 heteroatoms. The maximum atomic E-state index is 12.3. The van der Waals surface area contributed by atoms with Gasteiger partial charge in [-0.25, -0.2) is 4.98 Å². The van der Waals surface area contributed by atoms with Crippen LogP contribution in [0, 0.1) is 11.3 Å². The van der Waals surface area contributed by atoms with Gasteiger partial charge in [0, 0.05) is 6.07 Å². The number of aromatic amines is 1. The van der Waals surface area contributed by atoms with Crippen LogP contribution in [0.1, 0.15) is 50.6 Å². The second-order valence-electron chi connectivity index (χ2n) is 7.38. The lowest BCUT2D eigenvalue weighted by Crippen LogP contribution is -2.17. The van der Waals surface area contributed by atoms with Crippen molar-refractivity contribution in [3.8, 4) is 5.75 Å². The third kappa shape index (κ3) is 3.26. The maximum absolute atomic E-state index is 12.3. The van der Waals surface area contributed by atoms with Crippen LogP contribution in [0.5, 0.6) is 5.75 Å². The van der Waals surface area contributed by atoms with Crippen LogP contribution in [0.2, 0.25) is 0 Å². The molecule has 0 spiro atoms. The summed E-state index contributed by atoms with van der Waals surface area (Å²) in [5.74, 6) is 1.74. The van der Waals surface area contributed by atoms with Crippen LogP contribution in [0.15, 0.2) is 23.0 Å². The molecule has 122 valence electrons. The lowest BCUT2D eigenvalue weighted by atomic mass is 9.92. The molecule has 4 nitrogen and oxygen atoms in total. The normalized spacial score (nSPS) is 19.0. The van der Waals surface area contributed by atoms with Crippen LogP contribution >= 0.6 is 0 Å². The monoisotopic (exact) mass is 312 g/mol. The smallest absolute Gasteiger partial charge is 0.270 e. The Balaban J connectivity index is 1.47. The van der Waals surface area contributed by atoms with Crippen molar-refractivity contribution in [2.24, 2.45) is 11.3 Å². The number of aryl methyl sites for hydroxylation is 1. The molecule has 2 aromatic rings. The zero-order valence-electron chi connectivity index (χ0n) is 13.7. The van der Waals surface area contributed by atoms with E-state index in [4.69, 9.17) is 4.74 Å². The summed E-state index contributed by atoms with van der Waals surface area (Å²) in [6.07, 6.45) is 10.2. The molecule has 2 aliphatic carbocycles. The zero-order chi connectivity index (χ0) is 15.9. The van der Waals surface area contributed by atoms with Gasteiger partial charge in [-0.05, 0) is 62.0 Å². The molecule has 0 bridgehead atoms. The molecule has 0 aliphatic heterocycles. The van der Waals surface area contributed by atoms with Gasteiger partial charge in [0.1, 0.15) is 11.4 Å². The fourth-order valence-electron chi connectivity index (χ4n) is 3.50. The Hall–Kier alpha value is -1.84.